The molecular formula is C20H34N2O2. The number of carbonyl (C=O) groups is 2. The van der Waals surface area contributed by atoms with Gasteiger partial charge < -0.3 is 9.80 Å². The van der Waals surface area contributed by atoms with Crippen LogP contribution in [0.5, 0.6) is 0 Å². The van der Waals surface area contributed by atoms with Crippen LogP contribution in [0.15, 0.2) is 0 Å². The van der Waals surface area contributed by atoms with E-state index in [4.69, 9.17) is 0 Å². The van der Waals surface area contributed by atoms with Gasteiger partial charge in [0.15, 0.2) is 0 Å². The van der Waals surface area contributed by atoms with Crippen LogP contribution in [0.4, 0.5) is 0 Å². The highest BCUT2D eigenvalue weighted by atomic mass is 16.2. The normalized spacial score (nSPS) is 32.3. The summed E-state index contributed by atoms with van der Waals surface area (Å²) in [7, 11) is 0. The van der Waals surface area contributed by atoms with Gasteiger partial charge in [0, 0.05) is 31.1 Å². The summed E-state index contributed by atoms with van der Waals surface area (Å²) in [5, 5.41) is 0. The Hall–Kier alpha value is -1.06. The molecule has 3 rings (SSSR count). The molecule has 0 N–H and O–H groups in total. The Labute approximate surface area is 146 Å². The summed E-state index contributed by atoms with van der Waals surface area (Å²) in [6.45, 7) is 9.49. The first-order valence-electron chi connectivity index (χ1n) is 10.00. The van der Waals surface area contributed by atoms with Crippen LogP contribution >= 0.6 is 0 Å². The molecule has 4 heteroatoms. The van der Waals surface area contributed by atoms with Crippen molar-refractivity contribution in [1.29, 1.82) is 0 Å². The van der Waals surface area contributed by atoms with Crippen LogP contribution in [-0.2, 0) is 9.59 Å². The van der Waals surface area contributed by atoms with E-state index in [9.17, 15) is 9.59 Å². The van der Waals surface area contributed by atoms with Crippen molar-refractivity contribution in [3.63, 3.8) is 0 Å². The van der Waals surface area contributed by atoms with E-state index in [0.717, 1.165) is 31.6 Å². The van der Waals surface area contributed by atoms with Gasteiger partial charge in [-0.25, -0.2) is 0 Å². The van der Waals surface area contributed by atoms with Crippen LogP contribution < -0.4 is 0 Å². The Balaban J connectivity index is 1.64. The molecular weight excluding hydrogens is 300 g/mol. The molecule has 0 spiro atoms. The van der Waals surface area contributed by atoms with E-state index in [1.807, 2.05) is 4.90 Å². The van der Waals surface area contributed by atoms with Gasteiger partial charge in [0.2, 0.25) is 11.8 Å². The first-order chi connectivity index (χ1) is 11.4. The zero-order chi connectivity index (χ0) is 17.4. The largest absolute Gasteiger partial charge is 0.339 e. The van der Waals surface area contributed by atoms with E-state index < -0.39 is 0 Å². The number of rotatable bonds is 5. The molecule has 136 valence electrons. The second-order valence-corrected chi connectivity index (χ2v) is 8.82. The van der Waals surface area contributed by atoms with Crippen molar-refractivity contribution >= 4 is 11.8 Å². The van der Waals surface area contributed by atoms with Crippen LogP contribution in [0.25, 0.3) is 0 Å². The zero-order valence-corrected chi connectivity index (χ0v) is 15.8. The lowest BCUT2D eigenvalue weighted by atomic mass is 9.86. The number of likely N-dealkylation sites (tertiary alicyclic amines) is 1. The van der Waals surface area contributed by atoms with Gasteiger partial charge in [-0.05, 0) is 57.3 Å². The van der Waals surface area contributed by atoms with Crippen molar-refractivity contribution in [2.45, 2.75) is 90.8 Å². The molecule has 2 saturated carbocycles. The molecule has 1 aliphatic heterocycles. The molecule has 0 aromatic heterocycles. The standard InChI is InChI=1S/C20H34N2O2/c1-13(2)15(4)22(18-9-10-18)20(24)16-11-19(23)21(12-16)17-7-5-14(3)6-8-17/h13-18H,5-12H2,1-4H3. The third-order valence-corrected chi connectivity index (χ3v) is 6.53. The third-order valence-electron chi connectivity index (χ3n) is 6.53. The monoisotopic (exact) mass is 334 g/mol. The molecule has 2 unspecified atom stereocenters. The smallest absolute Gasteiger partial charge is 0.228 e. The average Bonchev–Trinajstić information content (AvgIpc) is 3.29. The predicted molar refractivity (Wildman–Crippen MR) is 95.4 cm³/mol. The van der Waals surface area contributed by atoms with Crippen LogP contribution in [0.2, 0.25) is 0 Å². The van der Waals surface area contributed by atoms with E-state index in [0.29, 0.717) is 31.0 Å². The lowest BCUT2D eigenvalue weighted by Gasteiger charge is -2.35. The Morgan fingerprint density at radius 3 is 2.25 bits per heavy atom. The van der Waals surface area contributed by atoms with E-state index in [-0.39, 0.29) is 23.8 Å². The quantitative estimate of drug-likeness (QED) is 0.772. The molecule has 2 atom stereocenters. The minimum absolute atomic E-state index is 0.112. The Kier molecular flexibility index (Phi) is 5.22. The second-order valence-electron chi connectivity index (χ2n) is 8.82. The number of nitrogens with zero attached hydrogens (tertiary/aromatic N) is 2. The number of amides is 2. The molecule has 0 aromatic carbocycles. The maximum Gasteiger partial charge on any atom is 0.228 e. The minimum atomic E-state index is -0.112. The summed E-state index contributed by atoms with van der Waals surface area (Å²) in [5.74, 6) is 1.58. The SMILES string of the molecule is CC1CCC(N2CC(C(=O)N(C3CC3)C(C)C(C)C)CC2=O)CC1. The summed E-state index contributed by atoms with van der Waals surface area (Å²) in [6, 6.07) is 1.07. The van der Waals surface area contributed by atoms with Gasteiger partial charge >= 0.3 is 0 Å². The zero-order valence-electron chi connectivity index (χ0n) is 15.8. The Morgan fingerprint density at radius 2 is 1.71 bits per heavy atom. The van der Waals surface area contributed by atoms with Crippen LogP contribution in [0.1, 0.15) is 72.6 Å². The highest BCUT2D eigenvalue weighted by molar-refractivity contribution is 5.89. The van der Waals surface area contributed by atoms with Crippen molar-refractivity contribution in [3.05, 3.63) is 0 Å². The maximum absolute atomic E-state index is 13.1. The molecule has 1 heterocycles. The predicted octanol–water partition coefficient (Wildman–Crippen LogP) is 3.45. The fourth-order valence-corrected chi connectivity index (χ4v) is 4.40. The second kappa shape index (κ2) is 7.05. The fraction of sp³-hybridized carbons (Fsp3) is 0.900. The molecule has 2 aliphatic carbocycles. The summed E-state index contributed by atoms with van der Waals surface area (Å²) < 4.78 is 0. The number of carbonyl (C=O) groups excluding carboxylic acids is 2. The summed E-state index contributed by atoms with van der Waals surface area (Å²) in [4.78, 5) is 29.8. The molecule has 3 aliphatic rings. The first kappa shape index (κ1) is 17.8. The lowest BCUT2D eigenvalue weighted by Crippen LogP contribution is -2.47. The van der Waals surface area contributed by atoms with Crippen LogP contribution in [0.3, 0.4) is 0 Å². The van der Waals surface area contributed by atoms with Gasteiger partial charge in [-0.1, -0.05) is 20.8 Å². The number of hydrogen-bond acceptors (Lipinski definition) is 2. The molecule has 4 nitrogen and oxygen atoms in total. The Morgan fingerprint density at radius 1 is 1.08 bits per heavy atom. The molecule has 2 amide bonds. The summed E-state index contributed by atoms with van der Waals surface area (Å²) in [5.41, 5.74) is 0. The van der Waals surface area contributed by atoms with Gasteiger partial charge in [0.1, 0.15) is 0 Å². The fourth-order valence-electron chi connectivity index (χ4n) is 4.40. The highest BCUT2D eigenvalue weighted by Gasteiger charge is 2.44. The van der Waals surface area contributed by atoms with Gasteiger partial charge in [-0.15, -0.1) is 0 Å². The molecule has 0 bridgehead atoms. The average molecular weight is 335 g/mol. The van der Waals surface area contributed by atoms with E-state index in [1.54, 1.807) is 0 Å². The van der Waals surface area contributed by atoms with Gasteiger partial charge in [0.25, 0.3) is 0 Å². The van der Waals surface area contributed by atoms with Crippen LogP contribution in [0, 0.1) is 17.8 Å². The maximum atomic E-state index is 13.1. The molecule has 0 aromatic rings. The van der Waals surface area contributed by atoms with Crippen LogP contribution in [-0.4, -0.2) is 46.3 Å². The minimum Gasteiger partial charge on any atom is -0.339 e. The lowest BCUT2D eigenvalue weighted by molar-refractivity contribution is -0.139. The van der Waals surface area contributed by atoms with Crippen molar-refractivity contribution in [1.82, 2.24) is 9.80 Å². The molecule has 0 radical (unpaired) electrons. The van der Waals surface area contributed by atoms with Crippen molar-refractivity contribution in [3.8, 4) is 0 Å². The topological polar surface area (TPSA) is 40.6 Å². The molecule has 24 heavy (non-hydrogen) atoms. The Bertz CT molecular complexity index is 478. The van der Waals surface area contributed by atoms with Crippen molar-refractivity contribution in [2.24, 2.45) is 17.8 Å². The first-order valence-corrected chi connectivity index (χ1v) is 10.00. The van der Waals surface area contributed by atoms with Gasteiger partial charge in [-0.2, -0.15) is 0 Å². The summed E-state index contributed by atoms with van der Waals surface area (Å²) in [6.07, 6.45) is 7.35. The van der Waals surface area contributed by atoms with E-state index in [2.05, 4.69) is 32.6 Å². The van der Waals surface area contributed by atoms with Gasteiger partial charge in [0.05, 0.1) is 5.92 Å². The van der Waals surface area contributed by atoms with Crippen molar-refractivity contribution < 1.29 is 9.59 Å². The number of hydrogen-bond donors (Lipinski definition) is 0. The van der Waals surface area contributed by atoms with Gasteiger partial charge in [-0.3, -0.25) is 9.59 Å². The van der Waals surface area contributed by atoms with Crippen molar-refractivity contribution in [2.75, 3.05) is 6.54 Å². The summed E-state index contributed by atoms with van der Waals surface area (Å²) >= 11 is 0. The highest BCUT2D eigenvalue weighted by Crippen LogP contribution is 2.36. The molecule has 1 saturated heterocycles. The van der Waals surface area contributed by atoms with E-state index >= 15 is 0 Å². The van der Waals surface area contributed by atoms with E-state index in [1.165, 1.54) is 12.8 Å². The molecule has 3 fully saturated rings. The third kappa shape index (κ3) is 3.62.